The van der Waals surface area contributed by atoms with Crippen molar-refractivity contribution in [1.82, 2.24) is 10.3 Å². The maximum Gasteiger partial charge on any atom is 0.417 e. The standard InChI is InChI=1S/C16H15ClF3N3O/c17-14-2-1-12(9-13(14)16(18,19)20)22-8-5-15(24)23-10-11-3-6-21-7-4-11/h1-4,6-7,9,22H,5,8,10H2,(H,23,24). The molecule has 2 rings (SSSR count). The molecule has 2 N–H and O–H groups in total. The van der Waals surface area contributed by atoms with E-state index in [1.807, 2.05) is 0 Å². The summed E-state index contributed by atoms with van der Waals surface area (Å²) in [5.74, 6) is -0.204. The molecule has 1 aromatic heterocycles. The van der Waals surface area contributed by atoms with Gasteiger partial charge in [-0.1, -0.05) is 11.6 Å². The van der Waals surface area contributed by atoms with Crippen molar-refractivity contribution < 1.29 is 18.0 Å². The second kappa shape index (κ2) is 8.01. The third-order valence-electron chi connectivity index (χ3n) is 3.19. The maximum atomic E-state index is 12.8. The summed E-state index contributed by atoms with van der Waals surface area (Å²) in [7, 11) is 0. The second-order valence-electron chi connectivity index (χ2n) is 5.00. The number of nitrogens with zero attached hydrogens (tertiary/aromatic N) is 1. The molecule has 0 aliphatic rings. The quantitative estimate of drug-likeness (QED) is 0.825. The fraction of sp³-hybridized carbons (Fsp3) is 0.250. The summed E-state index contributed by atoms with van der Waals surface area (Å²) >= 11 is 5.55. The van der Waals surface area contributed by atoms with E-state index in [0.29, 0.717) is 6.54 Å². The fourth-order valence-electron chi connectivity index (χ4n) is 1.96. The van der Waals surface area contributed by atoms with Crippen molar-refractivity contribution in [2.45, 2.75) is 19.1 Å². The van der Waals surface area contributed by atoms with Crippen molar-refractivity contribution in [2.75, 3.05) is 11.9 Å². The van der Waals surface area contributed by atoms with E-state index < -0.39 is 11.7 Å². The molecule has 128 valence electrons. The Kier molecular flexibility index (Phi) is 6.03. The van der Waals surface area contributed by atoms with Crippen LogP contribution >= 0.6 is 11.6 Å². The van der Waals surface area contributed by atoms with Crippen molar-refractivity contribution in [2.24, 2.45) is 0 Å². The van der Waals surface area contributed by atoms with Crippen molar-refractivity contribution in [3.8, 4) is 0 Å². The second-order valence-corrected chi connectivity index (χ2v) is 5.41. The zero-order chi connectivity index (χ0) is 17.6. The topological polar surface area (TPSA) is 54.0 Å². The van der Waals surface area contributed by atoms with E-state index in [4.69, 9.17) is 11.6 Å². The lowest BCUT2D eigenvalue weighted by Gasteiger charge is -2.12. The third-order valence-corrected chi connectivity index (χ3v) is 3.52. The van der Waals surface area contributed by atoms with Gasteiger partial charge in [-0.15, -0.1) is 0 Å². The number of anilines is 1. The van der Waals surface area contributed by atoms with Crippen LogP contribution in [0.3, 0.4) is 0 Å². The molecule has 1 heterocycles. The highest BCUT2D eigenvalue weighted by molar-refractivity contribution is 6.31. The smallest absolute Gasteiger partial charge is 0.385 e. The van der Waals surface area contributed by atoms with Crippen LogP contribution in [0.25, 0.3) is 0 Å². The van der Waals surface area contributed by atoms with E-state index in [-0.39, 0.29) is 29.6 Å². The van der Waals surface area contributed by atoms with Gasteiger partial charge in [-0.2, -0.15) is 13.2 Å². The van der Waals surface area contributed by atoms with E-state index in [1.165, 1.54) is 12.1 Å². The van der Waals surface area contributed by atoms with E-state index in [1.54, 1.807) is 24.5 Å². The Morgan fingerprint density at radius 2 is 1.88 bits per heavy atom. The molecule has 0 bridgehead atoms. The minimum Gasteiger partial charge on any atom is -0.385 e. The fourth-order valence-corrected chi connectivity index (χ4v) is 2.19. The number of hydrogen-bond donors (Lipinski definition) is 2. The van der Waals surface area contributed by atoms with Gasteiger partial charge in [0, 0.05) is 37.6 Å². The Morgan fingerprint density at radius 1 is 1.17 bits per heavy atom. The zero-order valence-electron chi connectivity index (χ0n) is 12.5. The van der Waals surface area contributed by atoms with Gasteiger partial charge in [0.15, 0.2) is 0 Å². The summed E-state index contributed by atoms with van der Waals surface area (Å²) in [5, 5.41) is 5.15. The molecule has 0 unspecified atom stereocenters. The first-order valence-corrected chi connectivity index (χ1v) is 7.50. The molecule has 4 nitrogen and oxygen atoms in total. The number of alkyl halides is 3. The van der Waals surface area contributed by atoms with Gasteiger partial charge in [-0.05, 0) is 35.9 Å². The molecule has 0 aliphatic carbocycles. The first kappa shape index (κ1) is 18.1. The van der Waals surface area contributed by atoms with Crippen LogP contribution in [0.15, 0.2) is 42.7 Å². The molecule has 1 aromatic carbocycles. The Morgan fingerprint density at radius 3 is 2.54 bits per heavy atom. The first-order valence-electron chi connectivity index (χ1n) is 7.12. The molecule has 0 aliphatic heterocycles. The first-order chi connectivity index (χ1) is 11.4. The van der Waals surface area contributed by atoms with E-state index in [9.17, 15) is 18.0 Å². The van der Waals surface area contributed by atoms with Gasteiger partial charge in [-0.25, -0.2) is 0 Å². The minimum absolute atomic E-state index is 0.134. The van der Waals surface area contributed by atoms with Gasteiger partial charge in [0.05, 0.1) is 10.6 Å². The third kappa shape index (κ3) is 5.42. The summed E-state index contributed by atoms with van der Waals surface area (Å²) in [6.07, 6.45) is -1.13. The highest BCUT2D eigenvalue weighted by Gasteiger charge is 2.33. The van der Waals surface area contributed by atoms with Crippen LogP contribution in [0, 0.1) is 0 Å². The number of carbonyl (C=O) groups is 1. The molecule has 0 fully saturated rings. The van der Waals surface area contributed by atoms with E-state index in [0.717, 1.165) is 11.6 Å². The molecule has 2 aromatic rings. The van der Waals surface area contributed by atoms with Crippen molar-refractivity contribution in [3.05, 3.63) is 58.9 Å². The number of nitrogens with one attached hydrogen (secondary N) is 2. The number of amides is 1. The van der Waals surface area contributed by atoms with Crippen LogP contribution in [-0.4, -0.2) is 17.4 Å². The van der Waals surface area contributed by atoms with Gasteiger partial charge in [0.25, 0.3) is 0 Å². The maximum absolute atomic E-state index is 12.8. The molecule has 0 saturated carbocycles. The lowest BCUT2D eigenvalue weighted by Crippen LogP contribution is -2.24. The summed E-state index contributed by atoms with van der Waals surface area (Å²) < 4.78 is 38.3. The van der Waals surface area contributed by atoms with Crippen LogP contribution in [-0.2, 0) is 17.5 Å². The predicted octanol–water partition coefficient (Wildman–Crippen LogP) is 3.87. The minimum atomic E-state index is -4.52. The van der Waals surface area contributed by atoms with Gasteiger partial charge in [0.1, 0.15) is 0 Å². The largest absolute Gasteiger partial charge is 0.417 e. The number of aromatic nitrogens is 1. The van der Waals surface area contributed by atoms with Gasteiger partial charge in [-0.3, -0.25) is 9.78 Å². The van der Waals surface area contributed by atoms with Crippen LogP contribution in [0.4, 0.5) is 18.9 Å². The molecule has 8 heteroatoms. The SMILES string of the molecule is O=C(CCNc1ccc(Cl)c(C(F)(F)F)c1)NCc1ccncc1. The number of benzene rings is 1. The Labute approximate surface area is 142 Å². The molecular weight excluding hydrogens is 343 g/mol. The highest BCUT2D eigenvalue weighted by Crippen LogP contribution is 2.36. The Hall–Kier alpha value is -2.28. The van der Waals surface area contributed by atoms with Gasteiger partial charge >= 0.3 is 6.18 Å². The molecule has 24 heavy (non-hydrogen) atoms. The molecule has 1 amide bonds. The van der Waals surface area contributed by atoms with Crippen molar-refractivity contribution in [3.63, 3.8) is 0 Å². The average Bonchev–Trinajstić information content (AvgIpc) is 2.54. The average molecular weight is 358 g/mol. The highest BCUT2D eigenvalue weighted by atomic mass is 35.5. The molecule has 0 saturated heterocycles. The predicted molar refractivity (Wildman–Crippen MR) is 85.6 cm³/mol. The summed E-state index contributed by atoms with van der Waals surface area (Å²) in [4.78, 5) is 15.6. The van der Waals surface area contributed by atoms with Crippen LogP contribution in [0.2, 0.25) is 5.02 Å². The number of carbonyl (C=O) groups excluding carboxylic acids is 1. The molecule has 0 radical (unpaired) electrons. The Balaban J connectivity index is 1.80. The number of pyridine rings is 1. The molecular formula is C16H15ClF3N3O. The van der Waals surface area contributed by atoms with E-state index >= 15 is 0 Å². The van der Waals surface area contributed by atoms with Crippen molar-refractivity contribution in [1.29, 1.82) is 0 Å². The van der Waals surface area contributed by atoms with Crippen LogP contribution < -0.4 is 10.6 Å². The van der Waals surface area contributed by atoms with Crippen molar-refractivity contribution >= 4 is 23.2 Å². The number of rotatable bonds is 6. The summed E-state index contributed by atoms with van der Waals surface area (Å²) in [5.41, 5.74) is 0.267. The normalized spacial score (nSPS) is 11.2. The lowest BCUT2D eigenvalue weighted by atomic mass is 10.2. The van der Waals surface area contributed by atoms with Crippen LogP contribution in [0.1, 0.15) is 17.5 Å². The number of halogens is 4. The Bertz CT molecular complexity index is 693. The van der Waals surface area contributed by atoms with Gasteiger partial charge in [0.2, 0.25) is 5.91 Å². The summed E-state index contributed by atoms with van der Waals surface area (Å²) in [6, 6.07) is 7.11. The monoisotopic (exact) mass is 357 g/mol. The van der Waals surface area contributed by atoms with Gasteiger partial charge < -0.3 is 10.6 Å². The molecule has 0 spiro atoms. The zero-order valence-corrected chi connectivity index (χ0v) is 13.3. The van der Waals surface area contributed by atoms with E-state index in [2.05, 4.69) is 15.6 Å². The summed E-state index contributed by atoms with van der Waals surface area (Å²) in [6.45, 7) is 0.585. The molecule has 0 atom stereocenters. The lowest BCUT2D eigenvalue weighted by molar-refractivity contribution is -0.137. The van der Waals surface area contributed by atoms with Crippen LogP contribution in [0.5, 0.6) is 0 Å². The number of hydrogen-bond acceptors (Lipinski definition) is 3.